The normalized spacial score (nSPS) is 13.3. The van der Waals surface area contributed by atoms with Gasteiger partial charge in [-0.3, -0.25) is 4.79 Å². The smallest absolute Gasteiger partial charge is 0.231 e. The quantitative estimate of drug-likeness (QED) is 0.866. The van der Waals surface area contributed by atoms with Crippen molar-refractivity contribution in [2.75, 3.05) is 17.2 Å². The first-order chi connectivity index (χ1) is 10.1. The van der Waals surface area contributed by atoms with Crippen LogP contribution in [0, 0.1) is 5.82 Å². The van der Waals surface area contributed by atoms with Gasteiger partial charge in [-0.25, -0.2) is 4.39 Å². The average molecular weight is 305 g/mol. The minimum Gasteiger partial charge on any atom is -0.399 e. The van der Waals surface area contributed by atoms with E-state index >= 15 is 0 Å². The Morgan fingerprint density at radius 2 is 2.14 bits per heavy atom. The summed E-state index contributed by atoms with van der Waals surface area (Å²) in [6.45, 7) is 0.587. The largest absolute Gasteiger partial charge is 0.399 e. The summed E-state index contributed by atoms with van der Waals surface area (Å²) in [6, 6.07) is 9.95. The molecule has 0 aliphatic carbocycles. The van der Waals surface area contributed by atoms with Gasteiger partial charge in [0.1, 0.15) is 5.82 Å². The van der Waals surface area contributed by atoms with Gasteiger partial charge >= 0.3 is 0 Å². The van der Waals surface area contributed by atoms with Gasteiger partial charge in [-0.2, -0.15) is 0 Å². The van der Waals surface area contributed by atoms with Gasteiger partial charge in [0.2, 0.25) is 5.91 Å². The molecule has 5 heteroatoms. The predicted molar refractivity (Wildman–Crippen MR) is 82.0 cm³/mol. The number of rotatable bonds is 2. The number of benzene rings is 2. The highest BCUT2D eigenvalue weighted by molar-refractivity contribution is 6.31. The van der Waals surface area contributed by atoms with Gasteiger partial charge in [-0.15, -0.1) is 0 Å². The van der Waals surface area contributed by atoms with Crippen molar-refractivity contribution in [3.8, 4) is 0 Å². The van der Waals surface area contributed by atoms with Crippen LogP contribution in [-0.2, 0) is 17.6 Å². The lowest BCUT2D eigenvalue weighted by Crippen LogP contribution is -2.30. The number of nitrogens with zero attached hydrogens (tertiary/aromatic N) is 1. The highest BCUT2D eigenvalue weighted by Crippen LogP contribution is 2.31. The molecule has 0 spiro atoms. The minimum absolute atomic E-state index is 0.0558. The van der Waals surface area contributed by atoms with Gasteiger partial charge in [-0.05, 0) is 36.2 Å². The van der Waals surface area contributed by atoms with Gasteiger partial charge in [0, 0.05) is 28.5 Å². The second-order valence-corrected chi connectivity index (χ2v) is 5.47. The minimum atomic E-state index is -0.456. The fraction of sp³-hybridized carbons (Fsp3) is 0.188. The fourth-order valence-corrected chi connectivity index (χ4v) is 2.83. The van der Waals surface area contributed by atoms with Crippen LogP contribution in [0.5, 0.6) is 0 Å². The van der Waals surface area contributed by atoms with Crippen LogP contribution in [0.4, 0.5) is 15.8 Å². The van der Waals surface area contributed by atoms with Gasteiger partial charge in [0.15, 0.2) is 0 Å². The van der Waals surface area contributed by atoms with E-state index in [1.807, 2.05) is 12.1 Å². The number of nitrogens with two attached hydrogens (primary N) is 1. The zero-order valence-corrected chi connectivity index (χ0v) is 12.0. The van der Waals surface area contributed by atoms with Gasteiger partial charge in [0.25, 0.3) is 0 Å². The Balaban J connectivity index is 1.87. The maximum atomic E-state index is 13.8. The van der Waals surface area contributed by atoms with E-state index in [1.54, 1.807) is 17.0 Å². The Hall–Kier alpha value is -2.07. The Morgan fingerprint density at radius 3 is 2.90 bits per heavy atom. The summed E-state index contributed by atoms with van der Waals surface area (Å²) in [5, 5.41) is 0.273. The summed E-state index contributed by atoms with van der Waals surface area (Å²) in [5.74, 6) is -0.630. The Morgan fingerprint density at radius 1 is 1.33 bits per heavy atom. The van der Waals surface area contributed by atoms with Crippen molar-refractivity contribution < 1.29 is 9.18 Å². The molecule has 0 radical (unpaired) electrons. The lowest BCUT2D eigenvalue weighted by Gasteiger charge is -2.18. The predicted octanol–water partition coefficient (Wildman–Crippen LogP) is 3.19. The van der Waals surface area contributed by atoms with Crippen molar-refractivity contribution in [3.63, 3.8) is 0 Å². The summed E-state index contributed by atoms with van der Waals surface area (Å²) >= 11 is 5.97. The van der Waals surface area contributed by atoms with Gasteiger partial charge < -0.3 is 10.6 Å². The summed E-state index contributed by atoms with van der Waals surface area (Å²) in [7, 11) is 0. The first-order valence-electron chi connectivity index (χ1n) is 6.68. The van der Waals surface area contributed by atoms with Crippen LogP contribution < -0.4 is 10.6 Å². The molecule has 1 aliphatic rings. The second-order valence-electron chi connectivity index (χ2n) is 5.06. The highest BCUT2D eigenvalue weighted by atomic mass is 35.5. The molecule has 3 rings (SSSR count). The van der Waals surface area contributed by atoms with Crippen molar-refractivity contribution >= 4 is 28.9 Å². The lowest BCUT2D eigenvalue weighted by molar-refractivity contribution is -0.117. The van der Waals surface area contributed by atoms with Crippen molar-refractivity contribution in [2.24, 2.45) is 0 Å². The summed E-state index contributed by atoms with van der Waals surface area (Å²) < 4.78 is 13.8. The number of halogens is 2. The lowest BCUT2D eigenvalue weighted by atomic mass is 10.1. The molecule has 2 aromatic carbocycles. The highest BCUT2D eigenvalue weighted by Gasteiger charge is 2.25. The average Bonchev–Trinajstić information content (AvgIpc) is 2.86. The SMILES string of the molecule is Nc1ccc2c(c1)N(C(=O)Cc1c(F)cccc1Cl)CC2. The zero-order chi connectivity index (χ0) is 15.0. The molecule has 0 saturated heterocycles. The number of fused-ring (bicyclic) bond motifs is 1. The van der Waals surface area contributed by atoms with E-state index in [2.05, 4.69) is 0 Å². The van der Waals surface area contributed by atoms with E-state index in [9.17, 15) is 9.18 Å². The molecule has 0 unspecified atom stereocenters. The van der Waals surface area contributed by atoms with Crippen LogP contribution in [0.15, 0.2) is 36.4 Å². The third kappa shape index (κ3) is 2.59. The van der Waals surface area contributed by atoms with E-state index < -0.39 is 5.82 Å². The van der Waals surface area contributed by atoms with Crippen LogP contribution in [-0.4, -0.2) is 12.5 Å². The van der Waals surface area contributed by atoms with Crippen molar-refractivity contribution in [2.45, 2.75) is 12.8 Å². The van der Waals surface area contributed by atoms with Gasteiger partial charge in [0.05, 0.1) is 6.42 Å². The molecule has 1 heterocycles. The standard InChI is InChI=1S/C16H14ClFN2O/c17-13-2-1-3-14(18)12(13)9-16(21)20-7-6-10-4-5-11(19)8-15(10)20/h1-5,8H,6-7,9,19H2. The molecule has 0 aromatic heterocycles. The first kappa shape index (κ1) is 13.9. The number of anilines is 2. The Bertz CT molecular complexity index is 697. The molecule has 3 nitrogen and oxygen atoms in total. The molecule has 2 N–H and O–H groups in total. The van der Waals surface area contributed by atoms with Crippen LogP contribution >= 0.6 is 11.6 Å². The van der Waals surface area contributed by atoms with E-state index in [4.69, 9.17) is 17.3 Å². The topological polar surface area (TPSA) is 46.3 Å². The third-order valence-electron chi connectivity index (χ3n) is 3.70. The van der Waals surface area contributed by atoms with E-state index in [-0.39, 0.29) is 22.9 Å². The van der Waals surface area contributed by atoms with Crippen LogP contribution in [0.2, 0.25) is 5.02 Å². The number of hydrogen-bond donors (Lipinski definition) is 1. The number of nitrogen functional groups attached to an aromatic ring is 1. The monoisotopic (exact) mass is 304 g/mol. The molecule has 1 amide bonds. The maximum absolute atomic E-state index is 13.8. The van der Waals surface area contributed by atoms with Crippen LogP contribution in [0.3, 0.4) is 0 Å². The molecule has 21 heavy (non-hydrogen) atoms. The molecule has 0 atom stereocenters. The Labute approximate surface area is 127 Å². The molecule has 108 valence electrons. The molecule has 0 saturated carbocycles. The first-order valence-corrected chi connectivity index (χ1v) is 7.05. The van der Waals surface area contributed by atoms with Crippen LogP contribution in [0.1, 0.15) is 11.1 Å². The molecule has 1 aliphatic heterocycles. The van der Waals surface area contributed by atoms with Crippen molar-refractivity contribution in [1.82, 2.24) is 0 Å². The number of amides is 1. The Kier molecular flexibility index (Phi) is 3.55. The molecular weight excluding hydrogens is 291 g/mol. The third-order valence-corrected chi connectivity index (χ3v) is 4.05. The zero-order valence-electron chi connectivity index (χ0n) is 11.3. The maximum Gasteiger partial charge on any atom is 0.231 e. The summed E-state index contributed by atoms with van der Waals surface area (Å²) in [4.78, 5) is 14.1. The van der Waals surface area contributed by atoms with E-state index in [0.29, 0.717) is 12.2 Å². The van der Waals surface area contributed by atoms with E-state index in [0.717, 1.165) is 17.7 Å². The van der Waals surface area contributed by atoms with Crippen LogP contribution in [0.25, 0.3) is 0 Å². The van der Waals surface area contributed by atoms with Crippen molar-refractivity contribution in [3.05, 3.63) is 58.4 Å². The second kappa shape index (κ2) is 5.37. The molecule has 2 aromatic rings. The summed E-state index contributed by atoms with van der Waals surface area (Å²) in [5.41, 5.74) is 8.51. The molecular formula is C16H14ClFN2O. The molecule has 0 bridgehead atoms. The number of hydrogen-bond acceptors (Lipinski definition) is 2. The van der Waals surface area contributed by atoms with E-state index in [1.165, 1.54) is 12.1 Å². The number of carbonyl (C=O) groups is 1. The number of carbonyl (C=O) groups excluding carboxylic acids is 1. The molecule has 0 fully saturated rings. The van der Waals surface area contributed by atoms with Crippen molar-refractivity contribution in [1.29, 1.82) is 0 Å². The summed E-state index contributed by atoms with van der Waals surface area (Å²) in [6.07, 6.45) is 0.728. The fourth-order valence-electron chi connectivity index (χ4n) is 2.60. The van der Waals surface area contributed by atoms with Gasteiger partial charge in [-0.1, -0.05) is 23.7 Å².